The van der Waals surface area contributed by atoms with Gasteiger partial charge in [0.05, 0.1) is 0 Å². The first-order valence-electron chi connectivity index (χ1n) is 8.05. The van der Waals surface area contributed by atoms with Gasteiger partial charge in [0.15, 0.2) is 0 Å². The van der Waals surface area contributed by atoms with Crippen molar-refractivity contribution in [3.05, 3.63) is 40.8 Å². The second-order valence-electron chi connectivity index (χ2n) is 6.97. The number of hydrogen-bond donors (Lipinski definition) is 0. The minimum Gasteiger partial charge on any atom is -0.305 e. The molecule has 0 aliphatic heterocycles. The van der Waals surface area contributed by atoms with Gasteiger partial charge in [-0.1, -0.05) is 17.7 Å². The summed E-state index contributed by atoms with van der Waals surface area (Å²) in [4.78, 5) is 2.34. The molecule has 2 aliphatic carbocycles. The lowest BCUT2D eigenvalue weighted by atomic mass is 9.79. The van der Waals surface area contributed by atoms with Crippen LogP contribution in [0.2, 0.25) is 0 Å². The molecule has 0 radical (unpaired) electrons. The fourth-order valence-electron chi connectivity index (χ4n) is 4.44. The first kappa shape index (κ1) is 13.5. The molecular formula is C19H23NS. The zero-order valence-electron chi connectivity index (χ0n) is 12.9. The lowest BCUT2D eigenvalue weighted by molar-refractivity contribution is 0.413. The van der Waals surface area contributed by atoms with Gasteiger partial charge in [-0.05, 0) is 85.7 Å². The summed E-state index contributed by atoms with van der Waals surface area (Å²) in [6, 6.07) is 9.18. The molecule has 2 aliphatic rings. The molecule has 1 fully saturated rings. The Kier molecular flexibility index (Phi) is 3.39. The summed E-state index contributed by atoms with van der Waals surface area (Å²) >= 11 is 1.87. The number of likely N-dealkylation sites (N-methyl/N-ethyl adjacent to an activating group) is 1. The third-order valence-corrected chi connectivity index (χ3v) is 6.04. The molecule has 4 rings (SSSR count). The Morgan fingerprint density at radius 2 is 2.10 bits per heavy atom. The van der Waals surface area contributed by atoms with Gasteiger partial charge < -0.3 is 4.90 Å². The SMILES string of the molecule is CN(C)CC1=C(c2cccc3sccc23)[C@H]2CC[C@@H](C1)C2. The van der Waals surface area contributed by atoms with Crippen LogP contribution in [-0.2, 0) is 0 Å². The molecule has 0 saturated heterocycles. The fourth-order valence-corrected chi connectivity index (χ4v) is 5.25. The molecule has 21 heavy (non-hydrogen) atoms. The monoisotopic (exact) mass is 297 g/mol. The smallest absolute Gasteiger partial charge is 0.0348 e. The van der Waals surface area contributed by atoms with Gasteiger partial charge in [-0.25, -0.2) is 0 Å². The molecule has 1 aromatic heterocycles. The van der Waals surface area contributed by atoms with E-state index in [2.05, 4.69) is 48.6 Å². The number of thiophene rings is 1. The first-order chi connectivity index (χ1) is 10.2. The van der Waals surface area contributed by atoms with Crippen LogP contribution in [0.1, 0.15) is 31.2 Å². The molecule has 0 unspecified atom stereocenters. The number of nitrogens with zero attached hydrogens (tertiary/aromatic N) is 1. The molecule has 1 aromatic carbocycles. The molecule has 0 N–H and O–H groups in total. The minimum atomic E-state index is 0.809. The number of benzene rings is 1. The Labute approximate surface area is 131 Å². The van der Waals surface area contributed by atoms with Crippen molar-refractivity contribution in [1.82, 2.24) is 4.90 Å². The van der Waals surface area contributed by atoms with Crippen LogP contribution in [0.15, 0.2) is 35.2 Å². The van der Waals surface area contributed by atoms with Gasteiger partial charge >= 0.3 is 0 Å². The van der Waals surface area contributed by atoms with Gasteiger partial charge in [-0.15, -0.1) is 11.3 Å². The van der Waals surface area contributed by atoms with Crippen LogP contribution < -0.4 is 0 Å². The number of rotatable bonds is 3. The topological polar surface area (TPSA) is 3.24 Å². The molecule has 110 valence electrons. The van der Waals surface area contributed by atoms with Gasteiger partial charge in [0.2, 0.25) is 0 Å². The van der Waals surface area contributed by atoms with Crippen molar-refractivity contribution >= 4 is 27.0 Å². The van der Waals surface area contributed by atoms with E-state index in [1.807, 2.05) is 11.3 Å². The lowest BCUT2D eigenvalue weighted by Crippen LogP contribution is -2.21. The van der Waals surface area contributed by atoms with Crippen LogP contribution in [0.4, 0.5) is 0 Å². The van der Waals surface area contributed by atoms with Crippen molar-refractivity contribution in [3.8, 4) is 0 Å². The predicted octanol–water partition coefficient (Wildman–Crippen LogP) is 5.04. The highest BCUT2D eigenvalue weighted by Crippen LogP contribution is 2.50. The van der Waals surface area contributed by atoms with Crippen molar-refractivity contribution < 1.29 is 0 Å². The molecule has 2 heteroatoms. The van der Waals surface area contributed by atoms with E-state index in [4.69, 9.17) is 0 Å². The maximum absolute atomic E-state index is 2.36. The van der Waals surface area contributed by atoms with Crippen molar-refractivity contribution in [2.75, 3.05) is 20.6 Å². The third kappa shape index (κ3) is 2.35. The number of allylic oxidation sites excluding steroid dienone is 1. The Morgan fingerprint density at radius 3 is 2.95 bits per heavy atom. The Morgan fingerprint density at radius 1 is 1.19 bits per heavy atom. The van der Waals surface area contributed by atoms with Crippen LogP contribution in [-0.4, -0.2) is 25.5 Å². The Bertz CT molecular complexity index is 694. The fraction of sp³-hybridized carbons (Fsp3) is 0.474. The Balaban J connectivity index is 1.89. The maximum Gasteiger partial charge on any atom is 0.0348 e. The summed E-state index contributed by atoms with van der Waals surface area (Å²) in [5, 5.41) is 3.71. The molecule has 2 aromatic rings. The average molecular weight is 297 g/mol. The largest absolute Gasteiger partial charge is 0.305 e. The Hall–Kier alpha value is -1.12. The normalized spacial score (nSPS) is 25.3. The molecule has 1 heterocycles. The standard InChI is InChI=1S/C19H23NS/c1-20(2)12-15-11-13-6-7-14(10-13)19(15)17-4-3-5-18-16(17)8-9-21-18/h3-5,8-9,13-14H,6-7,10-12H2,1-2H3/t13-,14+/m1/s1. The van der Waals surface area contributed by atoms with Crippen molar-refractivity contribution in [2.45, 2.75) is 25.7 Å². The summed E-state index contributed by atoms with van der Waals surface area (Å²) in [6.07, 6.45) is 5.58. The highest BCUT2D eigenvalue weighted by Gasteiger charge is 2.35. The van der Waals surface area contributed by atoms with E-state index in [1.54, 1.807) is 11.1 Å². The van der Waals surface area contributed by atoms with E-state index in [0.29, 0.717) is 0 Å². The zero-order chi connectivity index (χ0) is 14.4. The maximum atomic E-state index is 2.36. The summed E-state index contributed by atoms with van der Waals surface area (Å²) in [5.74, 6) is 1.76. The average Bonchev–Trinajstić information content (AvgIpc) is 3.05. The molecule has 1 saturated carbocycles. The predicted molar refractivity (Wildman–Crippen MR) is 92.7 cm³/mol. The molecule has 0 spiro atoms. The summed E-state index contributed by atoms with van der Waals surface area (Å²) in [5.41, 5.74) is 4.93. The van der Waals surface area contributed by atoms with E-state index >= 15 is 0 Å². The summed E-state index contributed by atoms with van der Waals surface area (Å²) in [6.45, 7) is 1.13. The van der Waals surface area contributed by atoms with Crippen molar-refractivity contribution in [2.24, 2.45) is 11.8 Å². The van der Waals surface area contributed by atoms with Gasteiger partial charge in [0, 0.05) is 11.2 Å². The zero-order valence-corrected chi connectivity index (χ0v) is 13.7. The lowest BCUT2D eigenvalue weighted by Gasteiger charge is -2.29. The number of hydrogen-bond acceptors (Lipinski definition) is 2. The van der Waals surface area contributed by atoms with Crippen molar-refractivity contribution in [3.63, 3.8) is 0 Å². The molecule has 0 amide bonds. The molecular weight excluding hydrogens is 274 g/mol. The quantitative estimate of drug-likeness (QED) is 0.767. The number of fused-ring (bicyclic) bond motifs is 3. The van der Waals surface area contributed by atoms with Gasteiger partial charge in [-0.3, -0.25) is 0 Å². The summed E-state index contributed by atoms with van der Waals surface area (Å²) in [7, 11) is 4.40. The van der Waals surface area contributed by atoms with E-state index in [-0.39, 0.29) is 0 Å². The molecule has 1 nitrogen and oxygen atoms in total. The van der Waals surface area contributed by atoms with Crippen LogP contribution in [0.3, 0.4) is 0 Å². The van der Waals surface area contributed by atoms with Gasteiger partial charge in [0.25, 0.3) is 0 Å². The van der Waals surface area contributed by atoms with Crippen LogP contribution >= 0.6 is 11.3 Å². The van der Waals surface area contributed by atoms with E-state index in [0.717, 1.165) is 18.4 Å². The molecule has 2 atom stereocenters. The summed E-state index contributed by atoms with van der Waals surface area (Å²) < 4.78 is 1.43. The second kappa shape index (κ2) is 5.26. The van der Waals surface area contributed by atoms with Crippen molar-refractivity contribution in [1.29, 1.82) is 0 Å². The van der Waals surface area contributed by atoms with Crippen LogP contribution in [0.25, 0.3) is 15.7 Å². The second-order valence-corrected chi connectivity index (χ2v) is 7.92. The van der Waals surface area contributed by atoms with Crippen LogP contribution in [0, 0.1) is 11.8 Å². The van der Waals surface area contributed by atoms with E-state index < -0.39 is 0 Å². The molecule has 2 bridgehead atoms. The van der Waals surface area contributed by atoms with Gasteiger partial charge in [-0.2, -0.15) is 0 Å². The van der Waals surface area contributed by atoms with Gasteiger partial charge in [0.1, 0.15) is 0 Å². The van der Waals surface area contributed by atoms with Crippen LogP contribution in [0.5, 0.6) is 0 Å². The minimum absolute atomic E-state index is 0.809. The highest BCUT2D eigenvalue weighted by atomic mass is 32.1. The van der Waals surface area contributed by atoms with E-state index in [1.165, 1.54) is 41.3 Å². The first-order valence-corrected chi connectivity index (χ1v) is 8.93. The van der Waals surface area contributed by atoms with E-state index in [9.17, 15) is 0 Å². The highest BCUT2D eigenvalue weighted by molar-refractivity contribution is 7.17. The third-order valence-electron chi connectivity index (χ3n) is 5.16.